The van der Waals surface area contributed by atoms with Crippen LogP contribution in [0.25, 0.3) is 11.5 Å². The van der Waals surface area contributed by atoms with Crippen LogP contribution in [0.15, 0.2) is 11.5 Å². The number of nitrogens with two attached hydrogens (primary N) is 1. The highest BCUT2D eigenvalue weighted by atomic mass is 32.2. The SMILES string of the molecule is CSc1nc2ncnc-2c(N)n1CCC(C)C. The Kier molecular flexibility index (Phi) is 3.51. The molecule has 0 atom stereocenters. The van der Waals surface area contributed by atoms with Gasteiger partial charge in [0.05, 0.1) is 0 Å². The van der Waals surface area contributed by atoms with Gasteiger partial charge in [0.1, 0.15) is 17.8 Å². The van der Waals surface area contributed by atoms with Crippen LogP contribution in [0.3, 0.4) is 0 Å². The number of fused-ring (bicyclic) bond motifs is 1. The summed E-state index contributed by atoms with van der Waals surface area (Å²) >= 11 is 1.58. The van der Waals surface area contributed by atoms with Crippen LogP contribution in [0, 0.1) is 5.92 Å². The molecule has 2 N–H and O–H groups in total. The van der Waals surface area contributed by atoms with Gasteiger partial charge in [0, 0.05) is 6.54 Å². The van der Waals surface area contributed by atoms with Crippen LogP contribution in [0.1, 0.15) is 20.3 Å². The van der Waals surface area contributed by atoms with E-state index in [-0.39, 0.29) is 0 Å². The lowest BCUT2D eigenvalue weighted by atomic mass is 10.1. The molecule has 0 radical (unpaired) electrons. The number of rotatable bonds is 4. The maximum Gasteiger partial charge on any atom is 0.186 e. The third kappa shape index (κ3) is 2.36. The normalized spacial score (nSPS) is 11.5. The Bertz CT molecular complexity index is 479. The van der Waals surface area contributed by atoms with Gasteiger partial charge in [-0.1, -0.05) is 25.6 Å². The Labute approximate surface area is 105 Å². The molecule has 0 amide bonds. The molecule has 2 heterocycles. The van der Waals surface area contributed by atoms with E-state index in [1.165, 1.54) is 6.33 Å². The lowest BCUT2D eigenvalue weighted by molar-refractivity contribution is 0.491. The number of anilines is 1. The van der Waals surface area contributed by atoms with Gasteiger partial charge in [-0.3, -0.25) is 0 Å². The van der Waals surface area contributed by atoms with E-state index in [1.807, 2.05) is 10.8 Å². The summed E-state index contributed by atoms with van der Waals surface area (Å²) in [5.41, 5.74) is 6.83. The van der Waals surface area contributed by atoms with Crippen LogP contribution < -0.4 is 5.73 Å². The van der Waals surface area contributed by atoms with E-state index in [1.54, 1.807) is 11.8 Å². The zero-order valence-corrected chi connectivity index (χ0v) is 11.2. The van der Waals surface area contributed by atoms with Gasteiger partial charge in [-0.2, -0.15) is 0 Å². The lowest BCUT2D eigenvalue weighted by Crippen LogP contribution is -2.14. The molecular weight excluding hydrogens is 234 g/mol. The molecule has 0 bridgehead atoms. The quantitative estimate of drug-likeness (QED) is 0.666. The Hall–Kier alpha value is -1.30. The molecule has 0 aromatic carbocycles. The van der Waals surface area contributed by atoms with E-state index in [9.17, 15) is 0 Å². The van der Waals surface area contributed by atoms with Crippen molar-refractivity contribution in [2.24, 2.45) is 5.92 Å². The first-order valence-electron chi connectivity index (χ1n) is 5.64. The smallest absolute Gasteiger partial charge is 0.186 e. The van der Waals surface area contributed by atoms with E-state index in [2.05, 4.69) is 28.8 Å². The van der Waals surface area contributed by atoms with Gasteiger partial charge in [-0.05, 0) is 18.6 Å². The van der Waals surface area contributed by atoms with Gasteiger partial charge in [0.15, 0.2) is 11.0 Å². The van der Waals surface area contributed by atoms with E-state index in [0.717, 1.165) is 18.1 Å². The third-order valence-corrected chi connectivity index (χ3v) is 3.33. The van der Waals surface area contributed by atoms with Crippen LogP contribution in [0.5, 0.6) is 0 Å². The minimum atomic E-state index is 0.632. The number of thioether (sulfide) groups is 1. The third-order valence-electron chi connectivity index (χ3n) is 2.66. The fourth-order valence-electron chi connectivity index (χ4n) is 1.66. The summed E-state index contributed by atoms with van der Waals surface area (Å²) in [6, 6.07) is 0. The highest BCUT2D eigenvalue weighted by Crippen LogP contribution is 2.27. The fraction of sp³-hybridized carbons (Fsp3) is 0.545. The monoisotopic (exact) mass is 251 g/mol. The van der Waals surface area contributed by atoms with E-state index < -0.39 is 0 Å². The molecule has 2 aliphatic rings. The van der Waals surface area contributed by atoms with Crippen molar-refractivity contribution >= 4 is 17.6 Å². The first-order chi connectivity index (χ1) is 8.13. The van der Waals surface area contributed by atoms with Crippen molar-refractivity contribution in [2.45, 2.75) is 32.0 Å². The first-order valence-corrected chi connectivity index (χ1v) is 6.86. The Morgan fingerprint density at radius 2 is 2.18 bits per heavy atom. The molecule has 92 valence electrons. The molecule has 2 aliphatic heterocycles. The molecule has 0 spiro atoms. The molecule has 0 aromatic rings. The van der Waals surface area contributed by atoms with Gasteiger partial charge in [0.2, 0.25) is 0 Å². The molecule has 5 nitrogen and oxygen atoms in total. The van der Waals surface area contributed by atoms with Crippen molar-refractivity contribution in [3.05, 3.63) is 6.33 Å². The molecule has 0 unspecified atom stereocenters. The van der Waals surface area contributed by atoms with Crippen molar-refractivity contribution < 1.29 is 0 Å². The predicted octanol–water partition coefficient (Wildman–Crippen LogP) is 2.13. The Morgan fingerprint density at radius 3 is 2.82 bits per heavy atom. The minimum Gasteiger partial charge on any atom is -0.383 e. The summed E-state index contributed by atoms with van der Waals surface area (Å²) in [4.78, 5) is 12.7. The number of hydrogen-bond acceptors (Lipinski definition) is 5. The second-order valence-electron chi connectivity index (χ2n) is 4.36. The van der Waals surface area contributed by atoms with Gasteiger partial charge in [-0.25, -0.2) is 15.0 Å². The number of hydrogen-bond donors (Lipinski definition) is 1. The van der Waals surface area contributed by atoms with Crippen molar-refractivity contribution in [3.8, 4) is 11.5 Å². The number of aromatic nitrogens is 4. The zero-order chi connectivity index (χ0) is 12.4. The van der Waals surface area contributed by atoms with Crippen LogP contribution in [0.2, 0.25) is 0 Å². The van der Waals surface area contributed by atoms with Crippen LogP contribution >= 0.6 is 11.8 Å². The van der Waals surface area contributed by atoms with Gasteiger partial charge in [-0.15, -0.1) is 0 Å². The minimum absolute atomic E-state index is 0.632. The molecule has 17 heavy (non-hydrogen) atoms. The molecule has 6 heteroatoms. The Balaban J connectivity index is 2.44. The maximum absolute atomic E-state index is 6.13. The highest BCUT2D eigenvalue weighted by molar-refractivity contribution is 7.98. The first kappa shape index (κ1) is 12.2. The van der Waals surface area contributed by atoms with Crippen molar-refractivity contribution in [2.75, 3.05) is 12.0 Å². The largest absolute Gasteiger partial charge is 0.383 e. The summed E-state index contributed by atoms with van der Waals surface area (Å²) in [6.45, 7) is 5.27. The van der Waals surface area contributed by atoms with Gasteiger partial charge in [0.25, 0.3) is 0 Å². The highest BCUT2D eigenvalue weighted by Gasteiger charge is 2.18. The predicted molar refractivity (Wildman–Crippen MR) is 70.1 cm³/mol. The maximum atomic E-state index is 6.13. The number of nitrogens with zero attached hydrogens (tertiary/aromatic N) is 4. The average Bonchev–Trinajstić information content (AvgIpc) is 2.75. The number of nitrogen functional groups attached to an aromatic ring is 1. The van der Waals surface area contributed by atoms with E-state index in [4.69, 9.17) is 5.73 Å². The van der Waals surface area contributed by atoms with Gasteiger partial charge >= 0.3 is 0 Å². The molecule has 0 aliphatic carbocycles. The Morgan fingerprint density at radius 1 is 1.41 bits per heavy atom. The second kappa shape index (κ2) is 4.91. The lowest BCUT2D eigenvalue weighted by Gasteiger charge is -2.17. The molecule has 0 fully saturated rings. The summed E-state index contributed by atoms with van der Waals surface area (Å²) in [5.74, 6) is 1.93. The van der Waals surface area contributed by atoms with Crippen molar-refractivity contribution in [1.82, 2.24) is 19.5 Å². The van der Waals surface area contributed by atoms with Crippen LogP contribution in [0.4, 0.5) is 5.82 Å². The molecule has 0 saturated heterocycles. The summed E-state index contributed by atoms with van der Waals surface area (Å²) in [5, 5.41) is 0.899. The fourth-order valence-corrected chi connectivity index (χ4v) is 2.25. The van der Waals surface area contributed by atoms with Crippen LogP contribution in [-0.2, 0) is 6.54 Å². The second-order valence-corrected chi connectivity index (χ2v) is 5.14. The summed E-state index contributed by atoms with van der Waals surface area (Å²) in [7, 11) is 0. The molecule has 2 rings (SSSR count). The van der Waals surface area contributed by atoms with Crippen molar-refractivity contribution in [1.29, 1.82) is 0 Å². The van der Waals surface area contributed by atoms with Crippen molar-refractivity contribution in [3.63, 3.8) is 0 Å². The summed E-state index contributed by atoms with van der Waals surface area (Å²) in [6.07, 6.45) is 4.57. The zero-order valence-electron chi connectivity index (χ0n) is 10.3. The van der Waals surface area contributed by atoms with E-state index in [0.29, 0.717) is 23.3 Å². The van der Waals surface area contributed by atoms with Gasteiger partial charge < -0.3 is 10.3 Å². The summed E-state index contributed by atoms with van der Waals surface area (Å²) < 4.78 is 2.03. The van der Waals surface area contributed by atoms with Crippen LogP contribution in [-0.4, -0.2) is 25.8 Å². The standard InChI is InChI=1S/C11H17N5S/c1-7(2)4-5-16-9(12)8-10(14-6-13-8)15-11(16)17-3/h6-7H,4-5,12H2,1-3H3. The molecule has 0 aromatic heterocycles. The topological polar surface area (TPSA) is 69.6 Å². The van der Waals surface area contributed by atoms with E-state index >= 15 is 0 Å². The molecule has 0 saturated carbocycles. The number of imidazole rings is 1. The molecular formula is C11H17N5S. The average molecular weight is 251 g/mol.